The van der Waals surface area contributed by atoms with Crippen LogP contribution in [-0.2, 0) is 24.2 Å². The molecule has 0 unspecified atom stereocenters. The van der Waals surface area contributed by atoms with Gasteiger partial charge in [-0.2, -0.15) is 6.07 Å². The van der Waals surface area contributed by atoms with Crippen molar-refractivity contribution >= 4 is 14.0 Å². The average Bonchev–Trinajstić information content (AvgIpc) is 2.97. The molecule has 2 aromatic carbocycles. The molecule has 0 saturated heterocycles. The molecule has 1 heteroatoms. The molecule has 90 valence electrons. The molecule has 0 fully saturated rings. The van der Waals surface area contributed by atoms with Gasteiger partial charge in [-0.05, 0) is 0 Å². The molecule has 0 radical (unpaired) electrons. The second-order valence-electron chi connectivity index (χ2n) is 4.71. The van der Waals surface area contributed by atoms with Crippen molar-refractivity contribution < 1.29 is 24.2 Å². The van der Waals surface area contributed by atoms with Gasteiger partial charge < -0.3 is 0 Å². The Hall–Kier alpha value is -0.937. The monoisotopic (exact) mass is 311 g/mol. The van der Waals surface area contributed by atoms with Gasteiger partial charge in [0.05, 0.1) is 0 Å². The fourth-order valence-electron chi connectivity index (χ4n) is 2.02. The van der Waals surface area contributed by atoms with Crippen LogP contribution in [-0.4, -0.2) is 3.21 Å². The summed E-state index contributed by atoms with van der Waals surface area (Å²) in [7, 11) is 0. The van der Waals surface area contributed by atoms with Crippen LogP contribution in [0.3, 0.4) is 0 Å². The van der Waals surface area contributed by atoms with Gasteiger partial charge in [-0.3, -0.25) is 0 Å². The van der Waals surface area contributed by atoms with Crippen molar-refractivity contribution in [2.24, 2.45) is 0 Å². The van der Waals surface area contributed by atoms with Gasteiger partial charge in [-0.25, -0.2) is 0 Å². The van der Waals surface area contributed by atoms with Crippen molar-refractivity contribution in [1.29, 1.82) is 0 Å². The first-order valence-corrected chi connectivity index (χ1v) is 7.42. The van der Waals surface area contributed by atoms with Gasteiger partial charge in [0.25, 0.3) is 0 Å². The van der Waals surface area contributed by atoms with E-state index in [0.29, 0.717) is 5.92 Å². The Labute approximate surface area is 124 Å². The molecular weight excluding hydrogens is 295 g/mol. The molecule has 18 heavy (non-hydrogen) atoms. The Bertz CT molecular complexity index is 550. The van der Waals surface area contributed by atoms with Gasteiger partial charge in [0, 0.05) is 5.92 Å². The number of hydrogen-bond donors (Lipinski definition) is 0. The first-order valence-electron chi connectivity index (χ1n) is 6.19. The normalized spacial score (nSPS) is 13.6. The molecule has 0 aromatic heterocycles. The van der Waals surface area contributed by atoms with Crippen LogP contribution in [0, 0.1) is 0 Å². The standard InChI is InChI=1S/C14H11.C3H6.Zr/c1-2-6-11(5-1)14-9-12-7-3-4-8-13(12)10-14;1-3-2;/h1-11H;1-2H3;/q-1;;. The van der Waals surface area contributed by atoms with E-state index >= 15 is 0 Å². The van der Waals surface area contributed by atoms with E-state index in [1.807, 2.05) is 0 Å². The zero-order chi connectivity index (χ0) is 13.0. The second-order valence-corrected chi connectivity index (χ2v) is 7.17. The first kappa shape index (κ1) is 13.5. The minimum atomic E-state index is 0.488. The molecule has 0 atom stereocenters. The van der Waals surface area contributed by atoms with Crippen LogP contribution < -0.4 is 0 Å². The summed E-state index contributed by atoms with van der Waals surface area (Å²) < 4.78 is 1.51. The Morgan fingerprint density at radius 3 is 2.33 bits per heavy atom. The van der Waals surface area contributed by atoms with E-state index in [0.717, 1.165) is 0 Å². The van der Waals surface area contributed by atoms with Crippen LogP contribution in [0.2, 0.25) is 0 Å². The van der Waals surface area contributed by atoms with E-state index in [2.05, 4.69) is 74.5 Å². The zero-order valence-electron chi connectivity index (χ0n) is 10.9. The summed E-state index contributed by atoms with van der Waals surface area (Å²) in [5, 5.41) is 2.69. The molecule has 0 N–H and O–H groups in total. The summed E-state index contributed by atoms with van der Waals surface area (Å²) in [6.45, 7) is 4.25. The Kier molecular flexibility index (Phi) is 4.72. The van der Waals surface area contributed by atoms with Crippen molar-refractivity contribution in [3.05, 3.63) is 66.3 Å². The number of benzene rings is 1. The SMILES string of the molecule is C1=CC(c2cc3ccccc3[cH-]2)C=C1.C[C](C)=[Zr]. The minimum absolute atomic E-state index is 0.488. The zero-order valence-corrected chi connectivity index (χ0v) is 13.3. The van der Waals surface area contributed by atoms with E-state index < -0.39 is 0 Å². The van der Waals surface area contributed by atoms with Gasteiger partial charge in [0.1, 0.15) is 0 Å². The molecule has 1 aliphatic carbocycles. The van der Waals surface area contributed by atoms with Gasteiger partial charge >= 0.3 is 41.3 Å². The first-order chi connectivity index (χ1) is 8.66. The summed E-state index contributed by atoms with van der Waals surface area (Å²) in [6, 6.07) is 13.1. The summed E-state index contributed by atoms with van der Waals surface area (Å²) in [5.74, 6) is 0.488. The molecule has 0 nitrogen and oxygen atoms in total. The van der Waals surface area contributed by atoms with Crippen LogP contribution >= 0.6 is 0 Å². The van der Waals surface area contributed by atoms with Crippen molar-refractivity contribution in [3.8, 4) is 0 Å². The van der Waals surface area contributed by atoms with Crippen molar-refractivity contribution in [1.82, 2.24) is 0 Å². The van der Waals surface area contributed by atoms with E-state index in [-0.39, 0.29) is 0 Å². The third-order valence-electron chi connectivity index (χ3n) is 2.77. The molecule has 0 saturated carbocycles. The van der Waals surface area contributed by atoms with Crippen LogP contribution in [0.5, 0.6) is 0 Å². The molecule has 0 bridgehead atoms. The van der Waals surface area contributed by atoms with Gasteiger partial charge in [0.2, 0.25) is 0 Å². The molecule has 0 aliphatic heterocycles. The number of hydrogen-bond acceptors (Lipinski definition) is 0. The van der Waals surface area contributed by atoms with Crippen LogP contribution in [0.4, 0.5) is 0 Å². The van der Waals surface area contributed by atoms with Crippen LogP contribution in [0.15, 0.2) is 60.7 Å². The fraction of sp³-hybridized carbons (Fsp3) is 0.176. The Balaban J connectivity index is 0.000000267. The van der Waals surface area contributed by atoms with E-state index in [9.17, 15) is 0 Å². The van der Waals surface area contributed by atoms with Gasteiger partial charge in [-0.1, -0.05) is 30.4 Å². The summed E-state index contributed by atoms with van der Waals surface area (Å²) in [5.41, 5.74) is 1.40. The topological polar surface area (TPSA) is 0 Å². The second kappa shape index (κ2) is 6.29. The average molecular weight is 313 g/mol. The third kappa shape index (κ3) is 3.53. The molecule has 3 rings (SSSR count). The van der Waals surface area contributed by atoms with Gasteiger partial charge in [0.15, 0.2) is 0 Å². The maximum absolute atomic E-state index is 2.28. The summed E-state index contributed by atoms with van der Waals surface area (Å²) >= 11 is 1.55. The predicted molar refractivity (Wildman–Crippen MR) is 76.9 cm³/mol. The van der Waals surface area contributed by atoms with Crippen LogP contribution in [0.25, 0.3) is 10.8 Å². The molecule has 2 aromatic rings. The summed E-state index contributed by atoms with van der Waals surface area (Å²) in [6.07, 6.45) is 8.69. The number of fused-ring (bicyclic) bond motifs is 1. The number of rotatable bonds is 1. The third-order valence-corrected chi connectivity index (χ3v) is 2.77. The Morgan fingerprint density at radius 1 is 1.11 bits per heavy atom. The number of allylic oxidation sites excluding steroid dienone is 4. The molecular formula is C17H17Zr-. The van der Waals surface area contributed by atoms with E-state index in [1.165, 1.54) is 19.5 Å². The molecule has 0 amide bonds. The van der Waals surface area contributed by atoms with Crippen LogP contribution in [0.1, 0.15) is 25.3 Å². The van der Waals surface area contributed by atoms with Crippen molar-refractivity contribution in [2.45, 2.75) is 19.8 Å². The van der Waals surface area contributed by atoms with E-state index in [1.54, 1.807) is 24.2 Å². The maximum atomic E-state index is 2.28. The Morgan fingerprint density at radius 2 is 1.72 bits per heavy atom. The predicted octanol–water partition coefficient (Wildman–Crippen LogP) is 4.51. The molecule has 1 aliphatic rings. The van der Waals surface area contributed by atoms with E-state index in [4.69, 9.17) is 0 Å². The van der Waals surface area contributed by atoms with Crippen molar-refractivity contribution in [2.75, 3.05) is 0 Å². The molecule has 0 spiro atoms. The summed E-state index contributed by atoms with van der Waals surface area (Å²) in [4.78, 5) is 0. The van der Waals surface area contributed by atoms with Gasteiger partial charge in [-0.15, -0.1) is 40.6 Å². The van der Waals surface area contributed by atoms with Crippen molar-refractivity contribution in [3.63, 3.8) is 0 Å². The molecule has 0 heterocycles. The fourth-order valence-corrected chi connectivity index (χ4v) is 2.02. The quantitative estimate of drug-likeness (QED) is 0.680.